The Labute approximate surface area is 157 Å². The van der Waals surface area contributed by atoms with Crippen LogP contribution in [-0.4, -0.2) is 58.9 Å². The zero-order chi connectivity index (χ0) is 18.1. The topological polar surface area (TPSA) is 49.3 Å². The molecule has 0 N–H and O–H groups in total. The molecule has 1 saturated heterocycles. The Morgan fingerprint density at radius 1 is 1.15 bits per heavy atom. The molecule has 2 aromatic heterocycles. The number of amides is 1. The second kappa shape index (κ2) is 7.13. The highest BCUT2D eigenvalue weighted by Crippen LogP contribution is 2.25. The number of thiazole rings is 1. The van der Waals surface area contributed by atoms with Crippen LogP contribution in [0.2, 0.25) is 0 Å². The summed E-state index contributed by atoms with van der Waals surface area (Å²) in [6.45, 7) is 5.63. The van der Waals surface area contributed by atoms with Crippen LogP contribution in [0.5, 0.6) is 0 Å². The highest BCUT2D eigenvalue weighted by molar-refractivity contribution is 7.07. The average molecular weight is 366 g/mol. The van der Waals surface area contributed by atoms with Crippen LogP contribution < -0.4 is 0 Å². The highest BCUT2D eigenvalue weighted by atomic mass is 32.1. The largest absolute Gasteiger partial charge is 0.340 e. The fraction of sp³-hybridized carbons (Fsp3) is 0.350. The lowest BCUT2D eigenvalue weighted by atomic mass is 10.0. The zero-order valence-electron chi connectivity index (χ0n) is 15.1. The Hall–Kier alpha value is -2.31. The van der Waals surface area contributed by atoms with Crippen molar-refractivity contribution in [2.24, 2.45) is 0 Å². The number of piperazine rings is 1. The average Bonchev–Trinajstić information content (AvgIpc) is 3.17. The van der Waals surface area contributed by atoms with Gasteiger partial charge in [0.1, 0.15) is 0 Å². The number of carbonyl (C=O) groups is 1. The summed E-state index contributed by atoms with van der Waals surface area (Å²) in [6.07, 6.45) is 0.451. The third-order valence-electron chi connectivity index (χ3n) is 4.99. The molecule has 3 heterocycles. The number of fused-ring (bicyclic) bond motifs is 1. The van der Waals surface area contributed by atoms with E-state index in [1.807, 2.05) is 27.9 Å². The predicted molar refractivity (Wildman–Crippen MR) is 105 cm³/mol. The molecule has 0 atom stereocenters. The number of carbonyl (C=O) groups excluding carboxylic acids is 1. The molecule has 0 saturated carbocycles. The van der Waals surface area contributed by atoms with Gasteiger partial charge in [0.25, 0.3) is 0 Å². The molecular weight excluding hydrogens is 344 g/mol. The van der Waals surface area contributed by atoms with Gasteiger partial charge in [0.15, 0.2) is 0 Å². The van der Waals surface area contributed by atoms with Crippen molar-refractivity contribution in [3.63, 3.8) is 0 Å². The summed E-state index contributed by atoms with van der Waals surface area (Å²) in [4.78, 5) is 25.9. The molecule has 4 rings (SSSR count). The van der Waals surface area contributed by atoms with Crippen molar-refractivity contribution in [3.8, 4) is 11.4 Å². The van der Waals surface area contributed by atoms with Crippen LogP contribution in [0, 0.1) is 6.92 Å². The minimum absolute atomic E-state index is 0.210. The van der Waals surface area contributed by atoms with Crippen molar-refractivity contribution in [1.82, 2.24) is 19.8 Å². The summed E-state index contributed by atoms with van der Waals surface area (Å²) >= 11 is 1.57. The zero-order valence-corrected chi connectivity index (χ0v) is 15.9. The van der Waals surface area contributed by atoms with Gasteiger partial charge >= 0.3 is 0 Å². The minimum Gasteiger partial charge on any atom is -0.340 e. The van der Waals surface area contributed by atoms with Gasteiger partial charge in [-0.25, -0.2) is 9.97 Å². The first-order valence-corrected chi connectivity index (χ1v) is 9.79. The summed E-state index contributed by atoms with van der Waals surface area (Å²) in [7, 11) is 2.10. The molecule has 5 nitrogen and oxygen atoms in total. The first-order chi connectivity index (χ1) is 12.6. The van der Waals surface area contributed by atoms with Crippen molar-refractivity contribution >= 4 is 28.1 Å². The van der Waals surface area contributed by atoms with E-state index in [1.165, 1.54) is 0 Å². The molecule has 0 unspecified atom stereocenters. The number of likely N-dealkylation sites (N-methyl/N-ethyl adjacent to an activating group) is 1. The quantitative estimate of drug-likeness (QED) is 0.715. The van der Waals surface area contributed by atoms with Crippen LogP contribution in [0.4, 0.5) is 0 Å². The van der Waals surface area contributed by atoms with E-state index >= 15 is 0 Å². The maximum Gasteiger partial charge on any atom is 0.227 e. The molecule has 134 valence electrons. The van der Waals surface area contributed by atoms with Crippen molar-refractivity contribution in [2.75, 3.05) is 33.2 Å². The Kier molecular flexibility index (Phi) is 4.70. The molecule has 1 fully saturated rings. The molecule has 0 aliphatic carbocycles. The van der Waals surface area contributed by atoms with Crippen LogP contribution in [-0.2, 0) is 11.2 Å². The molecule has 6 heteroatoms. The summed E-state index contributed by atoms with van der Waals surface area (Å²) in [5, 5.41) is 3.11. The van der Waals surface area contributed by atoms with Crippen molar-refractivity contribution in [3.05, 3.63) is 46.3 Å². The normalized spacial score (nSPS) is 15.5. The predicted octanol–water partition coefficient (Wildman–Crippen LogP) is 2.98. The van der Waals surface area contributed by atoms with E-state index < -0.39 is 0 Å². The van der Waals surface area contributed by atoms with E-state index in [0.717, 1.165) is 59.6 Å². The number of rotatable bonds is 3. The fourth-order valence-corrected chi connectivity index (χ4v) is 3.91. The van der Waals surface area contributed by atoms with Crippen molar-refractivity contribution < 1.29 is 4.79 Å². The summed E-state index contributed by atoms with van der Waals surface area (Å²) in [6, 6.07) is 8.22. The molecular formula is C20H22N4OS. The second-order valence-electron chi connectivity index (χ2n) is 6.91. The first-order valence-electron chi connectivity index (χ1n) is 8.85. The van der Waals surface area contributed by atoms with Crippen molar-refractivity contribution in [1.29, 1.82) is 0 Å². The maximum atomic E-state index is 12.6. The van der Waals surface area contributed by atoms with E-state index in [4.69, 9.17) is 4.98 Å². The molecule has 1 aliphatic rings. The standard InChI is InChI=1S/C20H22N4OS/c1-14-9-18(19-12-26-13-21-19)22-17-4-3-15(10-16(14)17)11-20(25)24-7-5-23(2)6-8-24/h3-4,9-10,12-13H,5-8,11H2,1-2H3. The fourth-order valence-electron chi connectivity index (χ4n) is 3.36. The summed E-state index contributed by atoms with van der Waals surface area (Å²) < 4.78 is 0. The number of aryl methyl sites for hydroxylation is 1. The third-order valence-corrected chi connectivity index (χ3v) is 5.57. The summed E-state index contributed by atoms with van der Waals surface area (Å²) in [5.74, 6) is 0.210. The van der Waals surface area contributed by atoms with Crippen LogP contribution in [0.1, 0.15) is 11.1 Å². The second-order valence-corrected chi connectivity index (χ2v) is 7.63. The van der Waals surface area contributed by atoms with Crippen molar-refractivity contribution in [2.45, 2.75) is 13.3 Å². The minimum atomic E-state index is 0.210. The third kappa shape index (κ3) is 3.48. The molecule has 26 heavy (non-hydrogen) atoms. The molecule has 1 aromatic carbocycles. The van der Waals surface area contributed by atoms with E-state index in [1.54, 1.807) is 11.3 Å². The van der Waals surface area contributed by atoms with Crippen LogP contribution >= 0.6 is 11.3 Å². The van der Waals surface area contributed by atoms with E-state index in [2.05, 4.69) is 36.0 Å². The van der Waals surface area contributed by atoms with Gasteiger partial charge in [-0.05, 0) is 43.3 Å². The summed E-state index contributed by atoms with van der Waals surface area (Å²) in [5.41, 5.74) is 6.79. The first kappa shape index (κ1) is 17.1. The molecule has 0 bridgehead atoms. The number of hydrogen-bond acceptors (Lipinski definition) is 5. The van der Waals surface area contributed by atoms with E-state index in [0.29, 0.717) is 6.42 Å². The Bertz CT molecular complexity index is 930. The molecule has 1 aliphatic heterocycles. The lowest BCUT2D eigenvalue weighted by Crippen LogP contribution is -2.47. The van der Waals surface area contributed by atoms with Gasteiger partial charge in [-0.3, -0.25) is 4.79 Å². The lowest BCUT2D eigenvalue weighted by Gasteiger charge is -2.32. The van der Waals surface area contributed by atoms with Gasteiger partial charge in [0, 0.05) is 36.9 Å². The monoisotopic (exact) mass is 366 g/mol. The van der Waals surface area contributed by atoms with Crippen LogP contribution in [0.25, 0.3) is 22.3 Å². The van der Waals surface area contributed by atoms with Crippen LogP contribution in [0.15, 0.2) is 35.2 Å². The smallest absolute Gasteiger partial charge is 0.227 e. The van der Waals surface area contributed by atoms with Crippen LogP contribution in [0.3, 0.4) is 0 Å². The Morgan fingerprint density at radius 3 is 2.69 bits per heavy atom. The molecule has 3 aromatic rings. The Balaban J connectivity index is 1.57. The Morgan fingerprint density at radius 2 is 1.96 bits per heavy atom. The number of aromatic nitrogens is 2. The number of nitrogens with zero attached hydrogens (tertiary/aromatic N) is 4. The molecule has 0 radical (unpaired) electrons. The van der Waals surface area contributed by atoms with E-state index in [9.17, 15) is 4.79 Å². The maximum absolute atomic E-state index is 12.6. The molecule has 0 spiro atoms. The van der Waals surface area contributed by atoms with Gasteiger partial charge in [-0.1, -0.05) is 6.07 Å². The van der Waals surface area contributed by atoms with Gasteiger partial charge in [0.05, 0.1) is 28.8 Å². The van der Waals surface area contributed by atoms with E-state index in [-0.39, 0.29) is 5.91 Å². The molecule has 1 amide bonds. The lowest BCUT2D eigenvalue weighted by molar-refractivity contribution is -0.132. The SMILES string of the molecule is Cc1cc(-c2cscn2)nc2ccc(CC(=O)N3CCN(C)CC3)cc12. The number of pyridine rings is 1. The van der Waals surface area contributed by atoms with Gasteiger partial charge in [-0.15, -0.1) is 11.3 Å². The number of benzene rings is 1. The van der Waals surface area contributed by atoms with Gasteiger partial charge in [0.2, 0.25) is 5.91 Å². The highest BCUT2D eigenvalue weighted by Gasteiger charge is 2.19. The van der Waals surface area contributed by atoms with Gasteiger partial charge < -0.3 is 9.80 Å². The number of hydrogen-bond donors (Lipinski definition) is 0. The van der Waals surface area contributed by atoms with Gasteiger partial charge in [-0.2, -0.15) is 0 Å².